The predicted molar refractivity (Wildman–Crippen MR) is 95.3 cm³/mol. The van der Waals surface area contributed by atoms with Gasteiger partial charge < -0.3 is 5.11 Å². The Kier molecular flexibility index (Phi) is 14.9. The first-order valence-corrected chi connectivity index (χ1v) is 9.83. The Morgan fingerprint density at radius 3 is 1.43 bits per heavy atom. The van der Waals surface area contributed by atoms with E-state index in [0.29, 0.717) is 39.3 Å². The molecule has 162 valence electrons. The van der Waals surface area contributed by atoms with Crippen LogP contribution in [0.2, 0.25) is 0 Å². The summed E-state index contributed by atoms with van der Waals surface area (Å²) in [5.41, 5.74) is 0. The quantitative estimate of drug-likeness (QED) is 0.384. The molecular formula is C16H29EuN4O7. The molecule has 0 radical (unpaired) electrons. The summed E-state index contributed by atoms with van der Waals surface area (Å²) in [6, 6.07) is 0. The van der Waals surface area contributed by atoms with Gasteiger partial charge in [0.2, 0.25) is 0 Å². The molecule has 12 heteroatoms. The smallest absolute Gasteiger partial charge is 0.300 e. The molecule has 1 aliphatic rings. The van der Waals surface area contributed by atoms with Gasteiger partial charge in [-0.05, 0) is 0 Å². The maximum atomic E-state index is 11.7. The number of carboxylic acids is 3. The summed E-state index contributed by atoms with van der Waals surface area (Å²) in [5, 5.41) is 25.5. The normalized spacial score (nSPS) is 18.2. The largest absolute Gasteiger partial charge is 0.481 e. The second-order valence-electron chi connectivity index (χ2n) is 6.27. The van der Waals surface area contributed by atoms with Crippen LogP contribution >= 0.6 is 0 Å². The van der Waals surface area contributed by atoms with Gasteiger partial charge in [0.05, 0.1) is 0 Å². The van der Waals surface area contributed by atoms with E-state index in [1.54, 1.807) is 9.80 Å². The first-order valence-electron chi connectivity index (χ1n) is 8.75. The van der Waals surface area contributed by atoms with E-state index < -0.39 is 17.9 Å². The number of nitrogens with zero attached hydrogens (tertiary/aromatic N) is 4. The van der Waals surface area contributed by atoms with Crippen molar-refractivity contribution in [3.8, 4) is 0 Å². The third-order valence-corrected chi connectivity index (χ3v) is 4.94. The minimum absolute atomic E-state index is 0.0186. The first kappa shape index (κ1) is 27.3. The Labute approximate surface area is 198 Å². The van der Waals surface area contributed by atoms with E-state index in [1.165, 1.54) is 54.4 Å². The summed E-state index contributed by atoms with van der Waals surface area (Å²) in [7, 11) is 0. The first-order chi connectivity index (χ1) is 13.0. The van der Waals surface area contributed by atoms with Gasteiger partial charge in [0, 0.05) is 6.92 Å². The van der Waals surface area contributed by atoms with E-state index >= 15 is 0 Å². The zero-order valence-corrected chi connectivity index (χ0v) is 18.6. The summed E-state index contributed by atoms with van der Waals surface area (Å²) in [5.74, 6) is -2.67. The van der Waals surface area contributed by atoms with Crippen LogP contribution in [-0.4, -0.2) is 119 Å². The fourth-order valence-electron chi connectivity index (χ4n) is 2.49. The van der Waals surface area contributed by atoms with Gasteiger partial charge in [-0.1, -0.05) is 0 Å². The maximum Gasteiger partial charge on any atom is 0.300 e. The van der Waals surface area contributed by atoms with E-state index in [-0.39, 0.29) is 19.0 Å². The van der Waals surface area contributed by atoms with Crippen molar-refractivity contribution in [2.24, 2.45) is 0 Å². The molecule has 1 saturated heterocycles. The van der Waals surface area contributed by atoms with Crippen molar-refractivity contribution >= 4 is 23.8 Å². The molecule has 1 amide bonds. The Balaban J connectivity index is 0.00000165. The second-order valence-corrected chi connectivity index (χ2v) is 7.81. The van der Waals surface area contributed by atoms with Crippen LogP contribution < -0.4 is 0 Å². The average molecular weight is 541 g/mol. The van der Waals surface area contributed by atoms with Gasteiger partial charge in [0.25, 0.3) is 5.97 Å². The van der Waals surface area contributed by atoms with Crippen LogP contribution in [0, 0.1) is 47.5 Å². The molecular weight excluding hydrogens is 512 g/mol. The molecule has 0 atom stereocenters. The molecule has 1 heterocycles. The van der Waals surface area contributed by atoms with Gasteiger partial charge in [-0.15, -0.1) is 0 Å². The maximum absolute atomic E-state index is 11.7. The molecule has 0 aromatic heterocycles. The number of amides is 1. The van der Waals surface area contributed by atoms with Crippen LogP contribution in [0.25, 0.3) is 0 Å². The SMILES string of the molecule is CC(=O)N1CC[N]([Eu])CCN(CC(=O)O)CCN(CC(=O)O)CC1.CC(=O)O. The third kappa shape index (κ3) is 15.3. The van der Waals surface area contributed by atoms with E-state index in [0.717, 1.165) is 20.0 Å². The zero-order chi connectivity index (χ0) is 21.7. The van der Waals surface area contributed by atoms with Crippen molar-refractivity contribution in [1.82, 2.24) is 14.5 Å². The van der Waals surface area contributed by atoms with Crippen LogP contribution in [0.5, 0.6) is 0 Å². The minimum atomic E-state index is -0.927. The van der Waals surface area contributed by atoms with Crippen molar-refractivity contribution < 1.29 is 81.9 Å². The zero-order valence-electron chi connectivity index (χ0n) is 16.2. The van der Waals surface area contributed by atoms with Crippen molar-refractivity contribution in [3.05, 3.63) is 0 Å². The number of carbonyl (C=O) groups is 4. The fourth-order valence-corrected chi connectivity index (χ4v) is 2.97. The predicted octanol–water partition coefficient (Wildman–Crippen LogP) is -1.52. The van der Waals surface area contributed by atoms with Gasteiger partial charge in [0.1, 0.15) is 0 Å². The van der Waals surface area contributed by atoms with Crippen molar-refractivity contribution in [2.75, 3.05) is 65.4 Å². The number of aliphatic carboxylic acids is 3. The van der Waals surface area contributed by atoms with Crippen LogP contribution in [0.1, 0.15) is 13.8 Å². The van der Waals surface area contributed by atoms with Gasteiger partial charge >= 0.3 is 177 Å². The van der Waals surface area contributed by atoms with Gasteiger partial charge in [-0.25, -0.2) is 0 Å². The summed E-state index contributed by atoms with van der Waals surface area (Å²) in [4.78, 5) is 48.1. The number of carboxylic acid groups (broad SMARTS) is 3. The molecule has 1 aliphatic heterocycles. The average Bonchev–Trinajstić information content (AvgIpc) is 2.53. The van der Waals surface area contributed by atoms with E-state index in [1.807, 2.05) is 4.90 Å². The topological polar surface area (TPSA) is 142 Å². The summed E-state index contributed by atoms with van der Waals surface area (Å²) < 4.78 is 2.13. The Morgan fingerprint density at radius 2 is 1.04 bits per heavy atom. The molecule has 11 nitrogen and oxygen atoms in total. The number of rotatable bonds is 4. The second kappa shape index (κ2) is 15.2. The van der Waals surface area contributed by atoms with E-state index in [2.05, 4.69) is -0.154 Å². The minimum Gasteiger partial charge on any atom is -0.481 e. The van der Waals surface area contributed by atoms with E-state index in [9.17, 15) is 14.4 Å². The molecule has 0 bridgehead atoms. The van der Waals surface area contributed by atoms with Crippen LogP contribution in [0.3, 0.4) is 0 Å². The Hall–Kier alpha value is -0.656. The molecule has 0 aromatic rings. The fraction of sp³-hybridized carbons (Fsp3) is 0.750. The van der Waals surface area contributed by atoms with Gasteiger partial charge in [0.15, 0.2) is 0 Å². The molecule has 1 rings (SSSR count). The van der Waals surface area contributed by atoms with Crippen molar-refractivity contribution in [2.45, 2.75) is 13.8 Å². The van der Waals surface area contributed by atoms with Crippen LogP contribution in [0.4, 0.5) is 0 Å². The monoisotopic (exact) mass is 542 g/mol. The van der Waals surface area contributed by atoms with Gasteiger partial charge in [-0.2, -0.15) is 0 Å². The molecule has 0 aliphatic carbocycles. The molecule has 28 heavy (non-hydrogen) atoms. The molecule has 0 aromatic carbocycles. The van der Waals surface area contributed by atoms with Crippen molar-refractivity contribution in [3.63, 3.8) is 0 Å². The molecule has 0 spiro atoms. The molecule has 0 unspecified atom stereocenters. The Bertz CT molecular complexity index is 531. The van der Waals surface area contributed by atoms with Gasteiger partial charge in [-0.3, -0.25) is 4.79 Å². The number of hydrogen-bond donors (Lipinski definition) is 3. The summed E-state index contributed by atoms with van der Waals surface area (Å²) >= 11 is 1.51. The Morgan fingerprint density at radius 1 is 0.714 bits per heavy atom. The number of carbonyl (C=O) groups excluding carboxylic acids is 1. The third-order valence-electron chi connectivity index (χ3n) is 3.85. The summed E-state index contributed by atoms with van der Waals surface area (Å²) in [6.07, 6.45) is 0. The van der Waals surface area contributed by atoms with E-state index in [4.69, 9.17) is 20.1 Å². The molecule has 3 N–H and O–H groups in total. The van der Waals surface area contributed by atoms with Crippen LogP contribution in [0.15, 0.2) is 0 Å². The number of hydrogen-bond acceptors (Lipinski definition) is 7. The van der Waals surface area contributed by atoms with Crippen LogP contribution in [-0.2, 0) is 19.2 Å². The standard InChI is InChI=1S/C14H25N4O5.C2H4O2.Eu/c1-12(19)18-5-3-15-2-4-16(10-13(20)21)6-7-17(8-9-18)11-14(22)23;1-2(3)4;/h2-11H2,1H3,(H,20,21)(H,22,23);1H3,(H,3,4);/q-1;;+1. The van der Waals surface area contributed by atoms with Crippen molar-refractivity contribution in [1.29, 1.82) is 0 Å². The molecule has 0 saturated carbocycles. The molecule has 1 fully saturated rings. The summed E-state index contributed by atoms with van der Waals surface area (Å²) in [6.45, 7) is 6.94.